The van der Waals surface area contributed by atoms with Gasteiger partial charge in [0.25, 0.3) is 6.71 Å². The number of carbonyl (C=O) groups is 2. The first kappa shape index (κ1) is 68.8. The number of hydrogen-bond acceptors (Lipinski definition) is 11. The highest BCUT2D eigenvalue weighted by atomic mass is 35.5. The fraction of sp³-hybridized carbons (Fsp3) is 0.277. The Kier molecular flexibility index (Phi) is 19.4. The lowest BCUT2D eigenvalue weighted by atomic mass is 9.40. The number of nitrogens with zero attached hydrogens (tertiary/aromatic N) is 4. The van der Waals surface area contributed by atoms with Gasteiger partial charge in [0.2, 0.25) is 0 Å². The van der Waals surface area contributed by atoms with Crippen LogP contribution >= 0.6 is 104 Å². The van der Waals surface area contributed by atoms with Gasteiger partial charge in [-0.1, -0.05) is 218 Å². The van der Waals surface area contributed by atoms with Crippen molar-refractivity contribution in [1.29, 1.82) is 21.0 Å². The van der Waals surface area contributed by atoms with E-state index in [1.165, 1.54) is 135 Å². The average Bonchev–Trinajstić information content (AvgIpc) is 1.52. The Hall–Kier alpha value is -7.27. The molecule has 0 saturated heterocycles. The number of benzene rings is 5. The summed E-state index contributed by atoms with van der Waals surface area (Å²) < 4.78 is 2.63. The monoisotopic (exact) mass is 1460 g/mol. The number of Topliss-reactive ketones (excluding diaryl/α,β-unsaturated/α-hetero) is 2. The first-order valence-corrected chi connectivity index (χ1v) is 39.7. The number of hydrogen-bond donors (Lipinski definition) is 0. The summed E-state index contributed by atoms with van der Waals surface area (Å²) in [5.74, 6) is -0.324. The smallest absolute Gasteiger partial charge is 0.270 e. The summed E-state index contributed by atoms with van der Waals surface area (Å²) in [5.41, 5.74) is 17.4. The van der Waals surface area contributed by atoms with Crippen LogP contribution in [-0.2, 0) is 12.8 Å². The molecular formula is C83H67BCl4N4O2S5. The van der Waals surface area contributed by atoms with Gasteiger partial charge >= 0.3 is 0 Å². The van der Waals surface area contributed by atoms with Crippen molar-refractivity contribution in [1.82, 2.24) is 0 Å². The van der Waals surface area contributed by atoms with Gasteiger partial charge in [-0.25, -0.2) is 0 Å². The SMILES string of the molecule is CCCCCCc1ccc(C2c3cc(/C=C4\C(=O)c5cc(Cl)c(Cl)cc5C4=C(C#N)C#N)sc3-c3sc4c(c32)Sc2c(sc3c2C(c2ccc(CCCCCC)cc2)c2cc(/C=C5\C(=O)c6cc(Cl)c(Cl)cc6C5=C(C#N)C#N)sc2-3)B4c2c(C(C)C)cc(C(C)C)cc2C(C)C)cc1. The predicted molar refractivity (Wildman–Crippen MR) is 417 cm³/mol. The van der Waals surface area contributed by atoms with Crippen LogP contribution in [0.25, 0.3) is 42.8 Å². The van der Waals surface area contributed by atoms with Crippen molar-refractivity contribution in [2.45, 2.75) is 159 Å². The molecule has 1 aliphatic heterocycles. The molecule has 99 heavy (non-hydrogen) atoms. The maximum absolute atomic E-state index is 14.7. The maximum Gasteiger partial charge on any atom is 0.270 e. The van der Waals surface area contributed by atoms with Gasteiger partial charge in [0.05, 0.1) is 20.1 Å². The summed E-state index contributed by atoms with van der Waals surface area (Å²) in [6.45, 7) is 18.3. The number of thiophene rings is 4. The topological polar surface area (TPSA) is 129 Å². The quantitative estimate of drug-likeness (QED) is 0.0362. The van der Waals surface area contributed by atoms with Crippen molar-refractivity contribution in [2.75, 3.05) is 0 Å². The average molecular weight is 1470 g/mol. The Morgan fingerprint density at radius 1 is 0.485 bits per heavy atom. The number of rotatable bonds is 18. The fourth-order valence-corrected chi connectivity index (χ4v) is 23.3. The van der Waals surface area contributed by atoms with E-state index in [-0.39, 0.29) is 95.5 Å². The Labute approximate surface area is 620 Å². The van der Waals surface area contributed by atoms with E-state index in [2.05, 4.69) is 152 Å². The summed E-state index contributed by atoms with van der Waals surface area (Å²) in [6, 6.07) is 42.6. The van der Waals surface area contributed by atoms with E-state index >= 15 is 0 Å². The van der Waals surface area contributed by atoms with E-state index in [9.17, 15) is 30.6 Å². The van der Waals surface area contributed by atoms with Crippen LogP contribution in [0.5, 0.6) is 0 Å². The number of aryl methyl sites for hydroxylation is 2. The summed E-state index contributed by atoms with van der Waals surface area (Å²) in [7, 11) is 0. The Bertz CT molecular complexity index is 4890. The van der Waals surface area contributed by atoms with E-state index in [1.54, 1.807) is 34.8 Å². The third-order valence-electron chi connectivity index (χ3n) is 20.2. The second-order valence-corrected chi connectivity index (χ2v) is 34.3. The number of allylic oxidation sites excluding steroid dienone is 6. The number of ketones is 2. The highest BCUT2D eigenvalue weighted by Gasteiger charge is 2.49. The second kappa shape index (κ2) is 27.9. The van der Waals surface area contributed by atoms with Crippen molar-refractivity contribution in [3.63, 3.8) is 0 Å². The first-order chi connectivity index (χ1) is 47.8. The number of halogens is 4. The van der Waals surface area contributed by atoms with Crippen molar-refractivity contribution < 1.29 is 9.59 Å². The first-order valence-electron chi connectivity index (χ1n) is 34.1. The Morgan fingerprint density at radius 3 is 1.22 bits per heavy atom. The van der Waals surface area contributed by atoms with E-state index in [4.69, 9.17) is 46.4 Å². The zero-order valence-electron chi connectivity index (χ0n) is 56.1. The van der Waals surface area contributed by atoms with Gasteiger partial charge in [-0.05, 0) is 174 Å². The van der Waals surface area contributed by atoms with Crippen LogP contribution in [-0.4, -0.2) is 18.3 Å². The van der Waals surface area contributed by atoms with Crippen molar-refractivity contribution in [3.8, 4) is 43.8 Å². The third-order valence-corrected chi connectivity index (χ3v) is 28.2. The zero-order chi connectivity index (χ0) is 69.6. The van der Waals surface area contributed by atoms with Gasteiger partial charge in [0, 0.05) is 84.3 Å². The lowest BCUT2D eigenvalue weighted by molar-refractivity contribution is 0.103. The van der Waals surface area contributed by atoms with Crippen LogP contribution in [0.15, 0.2) is 129 Å². The van der Waals surface area contributed by atoms with Crippen molar-refractivity contribution in [2.24, 2.45) is 0 Å². The number of fused-ring (bicyclic) bond motifs is 12. The molecule has 2 atom stereocenters. The van der Waals surface area contributed by atoms with Gasteiger partial charge in [0.15, 0.2) is 11.6 Å². The molecule has 0 amide bonds. The minimum absolute atomic E-state index is 0.154. The molecule has 16 heteroatoms. The number of nitriles is 4. The molecule has 0 bridgehead atoms. The van der Waals surface area contributed by atoms with Gasteiger partial charge in [-0.3, -0.25) is 9.59 Å². The normalized spacial score (nSPS) is 16.1. The fourth-order valence-electron chi connectivity index (χ4n) is 15.3. The van der Waals surface area contributed by atoms with Gasteiger partial charge in [-0.2, -0.15) is 21.0 Å². The van der Waals surface area contributed by atoms with Gasteiger partial charge in [-0.15, -0.1) is 45.3 Å². The number of carbonyl (C=O) groups excluding carboxylic acids is 2. The molecule has 492 valence electrons. The lowest BCUT2D eigenvalue weighted by Crippen LogP contribution is -2.55. The highest BCUT2D eigenvalue weighted by molar-refractivity contribution is 8.00. The molecule has 5 aliphatic rings. The molecule has 5 heterocycles. The summed E-state index contributed by atoms with van der Waals surface area (Å²) in [5, 5.41) is 42.6. The van der Waals surface area contributed by atoms with E-state index in [1.807, 2.05) is 46.6 Å². The molecule has 0 N–H and O–H groups in total. The van der Waals surface area contributed by atoms with Crippen LogP contribution in [0.3, 0.4) is 0 Å². The van der Waals surface area contributed by atoms with Crippen LogP contribution in [0.4, 0.5) is 0 Å². The molecule has 0 saturated carbocycles. The summed E-state index contributed by atoms with van der Waals surface area (Å²) in [4.78, 5) is 38.3. The number of unbranched alkanes of at least 4 members (excludes halogenated alkanes) is 6. The summed E-state index contributed by atoms with van der Waals surface area (Å²) in [6.07, 6.45) is 15.1. The van der Waals surface area contributed by atoms with Crippen LogP contribution < -0.4 is 15.0 Å². The molecule has 6 nitrogen and oxygen atoms in total. The molecule has 0 radical (unpaired) electrons. The molecule has 0 fully saturated rings. The minimum atomic E-state index is -0.321. The second-order valence-electron chi connectivity index (χ2n) is 27.4. The van der Waals surface area contributed by atoms with Crippen LogP contribution in [0.2, 0.25) is 20.1 Å². The molecule has 4 aromatic heterocycles. The standard InChI is InChI=1S/C83H67BCl4N4O2S5/c1-9-11-13-15-17-44-19-23-46(24-20-44)69-61-31-51(29-59-67(49(37-89)38-90)55-33-63(85)65(87)35-57(55)74(59)93)95-76(61)78-71(69)80-82(98-78)84(73-53(42(5)6)27-48(41(3)4)28-54(73)43(7)8)83-81(97-80)72-70(47-25-21-45(22-26-47)18-16-14-12-10-2)62-32-52(96-77(62)79(72)99-83)30-60-68(50(39-91)40-92)56-34-64(86)66(88)36-58(56)75(60)94/h19-36,41-43,69-70H,9-18H2,1-8H3/b59-29-,60-30-. The molecule has 9 aromatic rings. The van der Waals surface area contributed by atoms with Crippen LogP contribution in [0.1, 0.15) is 239 Å². The molecular weight excluding hydrogens is 1400 g/mol. The predicted octanol–water partition coefficient (Wildman–Crippen LogP) is 23.6. The van der Waals surface area contributed by atoms with Crippen molar-refractivity contribution >= 4 is 160 Å². The molecule has 4 aliphatic carbocycles. The van der Waals surface area contributed by atoms with Gasteiger partial charge in [0.1, 0.15) is 35.4 Å². The Morgan fingerprint density at radius 2 is 0.869 bits per heavy atom. The molecule has 5 aromatic carbocycles. The highest BCUT2D eigenvalue weighted by Crippen LogP contribution is 2.63. The Balaban J connectivity index is 1.00. The van der Waals surface area contributed by atoms with E-state index < -0.39 is 0 Å². The molecule has 2 unspecified atom stereocenters. The van der Waals surface area contributed by atoms with E-state index in [0.717, 1.165) is 56.3 Å². The van der Waals surface area contributed by atoms with Crippen molar-refractivity contribution in [3.05, 3.63) is 233 Å². The lowest BCUT2D eigenvalue weighted by Gasteiger charge is -2.30. The third kappa shape index (κ3) is 11.9. The van der Waals surface area contributed by atoms with Crippen LogP contribution in [0, 0.1) is 45.3 Å². The largest absolute Gasteiger partial charge is 0.289 e. The molecule has 0 spiro atoms. The zero-order valence-corrected chi connectivity index (χ0v) is 63.2. The van der Waals surface area contributed by atoms with Gasteiger partial charge < -0.3 is 0 Å². The maximum atomic E-state index is 14.7. The summed E-state index contributed by atoms with van der Waals surface area (Å²) >= 11 is 35.4. The minimum Gasteiger partial charge on any atom is -0.289 e. The molecule has 14 rings (SSSR count). The van der Waals surface area contributed by atoms with E-state index in [0.29, 0.717) is 28.2 Å².